The van der Waals surface area contributed by atoms with Gasteiger partial charge in [0.1, 0.15) is 11.5 Å². The van der Waals surface area contributed by atoms with Crippen molar-refractivity contribution in [3.8, 4) is 11.1 Å². The van der Waals surface area contributed by atoms with Crippen LogP contribution in [0.5, 0.6) is 0 Å². The van der Waals surface area contributed by atoms with Crippen LogP contribution in [-0.2, 0) is 6.54 Å². The molecule has 114 valence electrons. The summed E-state index contributed by atoms with van der Waals surface area (Å²) < 4.78 is 1.61. The first kappa shape index (κ1) is 15.5. The Labute approximate surface area is 128 Å². The molecule has 0 unspecified atom stereocenters. The normalized spacial score (nSPS) is 11.4. The fraction of sp³-hybridized carbons (Fsp3) is 0.188. The lowest BCUT2D eigenvalue weighted by Crippen LogP contribution is -2.18. The van der Waals surface area contributed by atoms with Crippen molar-refractivity contribution in [2.24, 2.45) is 0 Å². The van der Waals surface area contributed by atoms with Crippen LogP contribution in [0.4, 0.5) is 5.95 Å². The molecule has 0 amide bonds. The van der Waals surface area contributed by atoms with Crippen LogP contribution in [0.15, 0.2) is 48.1 Å². The molecule has 22 heavy (non-hydrogen) atoms. The molecule has 0 saturated heterocycles. The lowest BCUT2D eigenvalue weighted by atomic mass is 10.1. The second-order valence-corrected chi connectivity index (χ2v) is 4.73. The van der Waals surface area contributed by atoms with Gasteiger partial charge in [-0.2, -0.15) is 0 Å². The molecular weight excluding hydrogens is 280 g/mol. The monoisotopic (exact) mass is 298 g/mol. The molecule has 2 heterocycles. The molecule has 0 spiro atoms. The number of allylic oxidation sites excluding steroid dienone is 2. The maximum absolute atomic E-state index is 11.8. The van der Waals surface area contributed by atoms with Crippen LogP contribution >= 0.6 is 0 Å². The van der Waals surface area contributed by atoms with Crippen LogP contribution < -0.4 is 11.3 Å². The van der Waals surface area contributed by atoms with Gasteiger partial charge < -0.3 is 15.4 Å². The van der Waals surface area contributed by atoms with E-state index in [1.54, 1.807) is 16.8 Å². The van der Waals surface area contributed by atoms with Gasteiger partial charge in [-0.1, -0.05) is 19.6 Å². The van der Waals surface area contributed by atoms with Gasteiger partial charge >= 0.3 is 0 Å². The van der Waals surface area contributed by atoms with Gasteiger partial charge in [0.2, 0.25) is 5.95 Å². The Hall–Kier alpha value is -2.89. The minimum atomic E-state index is -0.0747. The number of nitrogens with two attached hydrogens (primary N) is 1. The molecule has 0 radical (unpaired) electrons. The number of hydrogen-bond donors (Lipinski definition) is 2. The standard InChI is InChI=1S/C16H18N4O2/c1-3-5-13(21)15-12(9-18-16(17)19-15)11-6-7-14(22)20(10-11)8-4-2/h3,5-7,9-10,21H,1,4,8H2,2H3,(H2,17,18,19)/b13-5-. The highest BCUT2D eigenvalue weighted by Gasteiger charge is 2.13. The maximum atomic E-state index is 11.8. The summed E-state index contributed by atoms with van der Waals surface area (Å²) in [4.78, 5) is 19.9. The van der Waals surface area contributed by atoms with Crippen LogP contribution in [0.2, 0.25) is 0 Å². The SMILES string of the molecule is C=C/C=C(\O)c1nc(N)ncc1-c1ccc(=O)n(CCC)c1. The predicted molar refractivity (Wildman–Crippen MR) is 87.2 cm³/mol. The summed E-state index contributed by atoms with van der Waals surface area (Å²) in [6.45, 7) is 6.16. The number of nitrogen functional groups attached to an aromatic ring is 1. The second-order valence-electron chi connectivity index (χ2n) is 4.73. The zero-order valence-corrected chi connectivity index (χ0v) is 12.4. The topological polar surface area (TPSA) is 94.0 Å². The molecule has 0 aliphatic carbocycles. The van der Waals surface area contributed by atoms with Gasteiger partial charge in [-0.3, -0.25) is 4.79 Å². The Bertz CT molecular complexity index is 778. The number of rotatable bonds is 5. The third-order valence-corrected chi connectivity index (χ3v) is 3.08. The number of aromatic nitrogens is 3. The zero-order valence-electron chi connectivity index (χ0n) is 12.4. The number of aliphatic hydroxyl groups is 1. The molecule has 6 nitrogen and oxygen atoms in total. The number of anilines is 1. The van der Waals surface area contributed by atoms with E-state index in [4.69, 9.17) is 5.73 Å². The van der Waals surface area contributed by atoms with Gasteiger partial charge in [0.15, 0.2) is 0 Å². The summed E-state index contributed by atoms with van der Waals surface area (Å²) in [5.41, 5.74) is 7.15. The maximum Gasteiger partial charge on any atom is 0.250 e. The minimum absolute atomic E-state index is 0.0599. The van der Waals surface area contributed by atoms with Crippen LogP contribution in [-0.4, -0.2) is 19.6 Å². The molecule has 2 rings (SSSR count). The Kier molecular flexibility index (Phi) is 4.73. The first-order valence-corrected chi connectivity index (χ1v) is 6.92. The third kappa shape index (κ3) is 3.22. The Morgan fingerprint density at radius 3 is 2.95 bits per heavy atom. The van der Waals surface area contributed by atoms with Crippen molar-refractivity contribution in [3.63, 3.8) is 0 Å². The van der Waals surface area contributed by atoms with E-state index in [-0.39, 0.29) is 17.3 Å². The molecule has 0 aliphatic rings. The molecule has 6 heteroatoms. The number of hydrogen-bond acceptors (Lipinski definition) is 5. The van der Waals surface area contributed by atoms with E-state index in [9.17, 15) is 9.90 Å². The largest absolute Gasteiger partial charge is 0.506 e. The van der Waals surface area contributed by atoms with Crippen molar-refractivity contribution < 1.29 is 5.11 Å². The lowest BCUT2D eigenvalue weighted by Gasteiger charge is -2.11. The Balaban J connectivity index is 2.62. The number of pyridine rings is 1. The average Bonchev–Trinajstić information content (AvgIpc) is 2.50. The van der Waals surface area contributed by atoms with Crippen molar-refractivity contribution in [1.29, 1.82) is 0 Å². The number of aryl methyl sites for hydroxylation is 1. The van der Waals surface area contributed by atoms with Crippen molar-refractivity contribution in [1.82, 2.24) is 14.5 Å². The van der Waals surface area contributed by atoms with Gasteiger partial charge in [0, 0.05) is 36.1 Å². The van der Waals surface area contributed by atoms with E-state index in [1.807, 2.05) is 6.92 Å². The first-order chi connectivity index (χ1) is 10.6. The minimum Gasteiger partial charge on any atom is -0.506 e. The van der Waals surface area contributed by atoms with E-state index in [1.165, 1.54) is 24.4 Å². The van der Waals surface area contributed by atoms with Crippen LogP contribution in [0.25, 0.3) is 16.9 Å². The van der Waals surface area contributed by atoms with Crippen molar-refractivity contribution in [2.75, 3.05) is 5.73 Å². The Morgan fingerprint density at radius 2 is 2.27 bits per heavy atom. The summed E-state index contributed by atoms with van der Waals surface area (Å²) in [6.07, 6.45) is 6.98. The highest BCUT2D eigenvalue weighted by Crippen LogP contribution is 2.25. The molecule has 0 aromatic carbocycles. The van der Waals surface area contributed by atoms with Crippen LogP contribution in [0.1, 0.15) is 19.0 Å². The molecule has 2 aromatic rings. The van der Waals surface area contributed by atoms with Gasteiger partial charge in [-0.15, -0.1) is 0 Å². The van der Waals surface area contributed by atoms with E-state index in [2.05, 4.69) is 16.5 Å². The van der Waals surface area contributed by atoms with Gasteiger partial charge in [0.05, 0.1) is 0 Å². The smallest absolute Gasteiger partial charge is 0.250 e. The Morgan fingerprint density at radius 1 is 1.50 bits per heavy atom. The molecule has 0 atom stereocenters. The van der Waals surface area contributed by atoms with Gasteiger partial charge in [0.25, 0.3) is 5.56 Å². The van der Waals surface area contributed by atoms with Gasteiger partial charge in [-0.05, 0) is 18.6 Å². The molecule has 0 fully saturated rings. The molecule has 0 saturated carbocycles. The fourth-order valence-electron chi connectivity index (χ4n) is 2.10. The van der Waals surface area contributed by atoms with E-state index < -0.39 is 0 Å². The highest BCUT2D eigenvalue weighted by molar-refractivity contribution is 5.76. The van der Waals surface area contributed by atoms with Crippen molar-refractivity contribution in [3.05, 3.63) is 59.3 Å². The first-order valence-electron chi connectivity index (χ1n) is 6.92. The van der Waals surface area contributed by atoms with E-state index >= 15 is 0 Å². The van der Waals surface area contributed by atoms with E-state index in [0.29, 0.717) is 17.8 Å². The molecule has 0 bridgehead atoms. The van der Waals surface area contributed by atoms with Crippen molar-refractivity contribution >= 4 is 11.7 Å². The van der Waals surface area contributed by atoms with Crippen LogP contribution in [0, 0.1) is 0 Å². The third-order valence-electron chi connectivity index (χ3n) is 3.08. The molecule has 3 N–H and O–H groups in total. The number of nitrogens with zero attached hydrogens (tertiary/aromatic N) is 3. The van der Waals surface area contributed by atoms with Gasteiger partial charge in [-0.25, -0.2) is 9.97 Å². The summed E-state index contributed by atoms with van der Waals surface area (Å²) in [5.74, 6) is -0.00279. The molecule has 0 aliphatic heterocycles. The predicted octanol–water partition coefficient (Wildman–Crippen LogP) is 2.38. The average molecular weight is 298 g/mol. The second kappa shape index (κ2) is 6.71. The summed E-state index contributed by atoms with van der Waals surface area (Å²) in [5, 5.41) is 10.1. The molecule has 2 aromatic heterocycles. The van der Waals surface area contributed by atoms with Crippen molar-refractivity contribution in [2.45, 2.75) is 19.9 Å². The fourth-order valence-corrected chi connectivity index (χ4v) is 2.10. The molecular formula is C16H18N4O2. The summed E-state index contributed by atoms with van der Waals surface area (Å²) in [7, 11) is 0. The highest BCUT2D eigenvalue weighted by atomic mass is 16.3. The quantitative estimate of drug-likeness (QED) is 0.653. The lowest BCUT2D eigenvalue weighted by molar-refractivity contribution is 0.509. The zero-order chi connectivity index (χ0) is 16.1. The van der Waals surface area contributed by atoms with E-state index in [0.717, 1.165) is 12.0 Å². The van der Waals surface area contributed by atoms with Crippen LogP contribution in [0.3, 0.4) is 0 Å². The number of aliphatic hydroxyl groups excluding tert-OH is 1. The summed E-state index contributed by atoms with van der Waals surface area (Å²) in [6, 6.07) is 3.16. The summed E-state index contributed by atoms with van der Waals surface area (Å²) >= 11 is 0.